The van der Waals surface area contributed by atoms with Crippen LogP contribution in [0.3, 0.4) is 0 Å². The Morgan fingerprint density at radius 1 is 0.800 bits per heavy atom. The van der Waals surface area contributed by atoms with Gasteiger partial charge >= 0.3 is 0 Å². The molecular weight excluding hydrogens is 312 g/mol. The molecule has 0 radical (unpaired) electrons. The fourth-order valence-electron chi connectivity index (χ4n) is 2.45. The van der Waals surface area contributed by atoms with Gasteiger partial charge in [0.05, 0.1) is 6.61 Å². The molecule has 0 saturated carbocycles. The molecule has 2 rings (SSSR count). The first kappa shape index (κ1) is 15.5. The summed E-state index contributed by atoms with van der Waals surface area (Å²) in [7, 11) is 0. The van der Waals surface area contributed by atoms with E-state index >= 15 is 0 Å². The molecule has 0 N–H and O–H groups in total. The van der Waals surface area contributed by atoms with Crippen molar-refractivity contribution < 1.29 is 4.74 Å². The Morgan fingerprint density at radius 3 is 2.50 bits per heavy atom. The van der Waals surface area contributed by atoms with Crippen molar-refractivity contribution in [3.8, 4) is 0 Å². The van der Waals surface area contributed by atoms with Gasteiger partial charge in [0.25, 0.3) is 0 Å². The Hall–Kier alpha value is -0.860. The van der Waals surface area contributed by atoms with Gasteiger partial charge < -0.3 is 4.74 Å². The van der Waals surface area contributed by atoms with Gasteiger partial charge in [-0.1, -0.05) is 71.2 Å². The van der Waals surface area contributed by atoms with Crippen LogP contribution in [0.1, 0.15) is 31.2 Å². The van der Waals surface area contributed by atoms with E-state index in [2.05, 4.69) is 58.4 Å². The van der Waals surface area contributed by atoms with E-state index < -0.39 is 0 Å². The average molecular weight is 335 g/mol. The molecule has 0 heterocycles. The van der Waals surface area contributed by atoms with Crippen molar-refractivity contribution >= 4 is 26.7 Å². The average Bonchev–Trinajstić information content (AvgIpc) is 2.50. The van der Waals surface area contributed by atoms with Gasteiger partial charge in [0, 0.05) is 11.9 Å². The lowest BCUT2D eigenvalue weighted by atomic mass is 10.0. The topological polar surface area (TPSA) is 9.23 Å². The number of benzene rings is 2. The predicted molar refractivity (Wildman–Crippen MR) is 90.7 cm³/mol. The standard InChI is InChI=1S/C18H23BrO/c19-13-5-1-2-6-14-20-15-12-17-10-7-9-16-8-3-4-11-18(16)17/h3-4,7-11H,1-2,5-6,12-15H2. The number of alkyl halides is 1. The number of fused-ring (bicyclic) bond motifs is 1. The van der Waals surface area contributed by atoms with Crippen LogP contribution in [-0.2, 0) is 11.2 Å². The third kappa shape index (κ3) is 4.92. The quantitative estimate of drug-likeness (QED) is 0.443. The minimum absolute atomic E-state index is 0.826. The zero-order chi connectivity index (χ0) is 14.0. The van der Waals surface area contributed by atoms with E-state index in [0.717, 1.165) is 25.0 Å². The molecule has 2 aromatic carbocycles. The second kappa shape index (κ2) is 9.15. The first-order valence-corrected chi connectivity index (χ1v) is 8.64. The van der Waals surface area contributed by atoms with E-state index in [1.807, 2.05) is 0 Å². The highest BCUT2D eigenvalue weighted by atomic mass is 79.9. The van der Waals surface area contributed by atoms with Crippen LogP contribution in [0.4, 0.5) is 0 Å². The molecule has 0 fully saturated rings. The maximum atomic E-state index is 5.75. The van der Waals surface area contributed by atoms with Gasteiger partial charge in [-0.25, -0.2) is 0 Å². The molecule has 0 aliphatic rings. The van der Waals surface area contributed by atoms with Crippen molar-refractivity contribution in [1.29, 1.82) is 0 Å². The van der Waals surface area contributed by atoms with Gasteiger partial charge in [0.1, 0.15) is 0 Å². The predicted octanol–water partition coefficient (Wildman–Crippen LogP) is 5.35. The molecule has 0 amide bonds. The molecule has 2 heteroatoms. The highest BCUT2D eigenvalue weighted by Gasteiger charge is 2.00. The Kier molecular flexibility index (Phi) is 7.10. The van der Waals surface area contributed by atoms with Crippen molar-refractivity contribution in [2.75, 3.05) is 18.5 Å². The fourth-order valence-corrected chi connectivity index (χ4v) is 2.84. The lowest BCUT2D eigenvalue weighted by Gasteiger charge is -2.07. The fraction of sp³-hybridized carbons (Fsp3) is 0.444. The molecule has 0 aliphatic heterocycles. The summed E-state index contributed by atoms with van der Waals surface area (Å²) in [5.74, 6) is 0. The molecule has 0 bridgehead atoms. The minimum Gasteiger partial charge on any atom is -0.381 e. The molecule has 0 spiro atoms. The van der Waals surface area contributed by atoms with Crippen molar-refractivity contribution in [1.82, 2.24) is 0 Å². The Labute approximate surface area is 130 Å². The van der Waals surface area contributed by atoms with Crippen molar-refractivity contribution in [3.05, 3.63) is 48.0 Å². The Bertz CT molecular complexity index is 504. The zero-order valence-corrected chi connectivity index (χ0v) is 13.6. The monoisotopic (exact) mass is 334 g/mol. The summed E-state index contributed by atoms with van der Waals surface area (Å²) < 4.78 is 5.75. The van der Waals surface area contributed by atoms with Gasteiger partial charge in [-0.3, -0.25) is 0 Å². The largest absolute Gasteiger partial charge is 0.381 e. The van der Waals surface area contributed by atoms with E-state index in [1.54, 1.807) is 0 Å². The van der Waals surface area contributed by atoms with Crippen molar-refractivity contribution in [3.63, 3.8) is 0 Å². The van der Waals surface area contributed by atoms with Crippen LogP contribution in [-0.4, -0.2) is 18.5 Å². The molecule has 20 heavy (non-hydrogen) atoms. The summed E-state index contributed by atoms with van der Waals surface area (Å²) in [6.07, 6.45) is 6.04. The summed E-state index contributed by atoms with van der Waals surface area (Å²) in [5, 5.41) is 3.80. The number of halogens is 1. The first-order valence-electron chi connectivity index (χ1n) is 7.52. The summed E-state index contributed by atoms with van der Waals surface area (Å²) in [5.41, 5.74) is 1.39. The minimum atomic E-state index is 0.826. The highest BCUT2D eigenvalue weighted by Crippen LogP contribution is 2.18. The van der Waals surface area contributed by atoms with Gasteiger partial charge in [0.2, 0.25) is 0 Å². The van der Waals surface area contributed by atoms with Gasteiger partial charge in [-0.15, -0.1) is 0 Å². The third-order valence-corrected chi connectivity index (χ3v) is 4.13. The number of unbranched alkanes of at least 4 members (excludes halogenated alkanes) is 3. The Balaban J connectivity index is 1.71. The van der Waals surface area contributed by atoms with Gasteiger partial charge in [0.15, 0.2) is 0 Å². The maximum absolute atomic E-state index is 5.75. The molecule has 2 aromatic rings. The van der Waals surface area contributed by atoms with Gasteiger partial charge in [-0.2, -0.15) is 0 Å². The number of hydrogen-bond acceptors (Lipinski definition) is 1. The van der Waals surface area contributed by atoms with E-state index in [0.29, 0.717) is 0 Å². The maximum Gasteiger partial charge on any atom is 0.0506 e. The van der Waals surface area contributed by atoms with E-state index in [1.165, 1.54) is 42.0 Å². The lowest BCUT2D eigenvalue weighted by molar-refractivity contribution is 0.133. The van der Waals surface area contributed by atoms with Crippen LogP contribution in [0.5, 0.6) is 0 Å². The van der Waals surface area contributed by atoms with Crippen LogP contribution >= 0.6 is 15.9 Å². The summed E-state index contributed by atoms with van der Waals surface area (Å²) in [6.45, 7) is 1.72. The molecule has 108 valence electrons. The highest BCUT2D eigenvalue weighted by molar-refractivity contribution is 9.09. The van der Waals surface area contributed by atoms with Crippen LogP contribution in [0, 0.1) is 0 Å². The number of hydrogen-bond donors (Lipinski definition) is 0. The van der Waals surface area contributed by atoms with Crippen LogP contribution in [0.2, 0.25) is 0 Å². The lowest BCUT2D eigenvalue weighted by Crippen LogP contribution is -2.01. The van der Waals surface area contributed by atoms with Crippen molar-refractivity contribution in [2.45, 2.75) is 32.1 Å². The summed E-state index contributed by atoms with van der Waals surface area (Å²) >= 11 is 3.46. The first-order chi connectivity index (χ1) is 9.92. The molecule has 0 unspecified atom stereocenters. The molecule has 1 nitrogen and oxygen atoms in total. The summed E-state index contributed by atoms with van der Waals surface area (Å²) in [6, 6.07) is 15.1. The van der Waals surface area contributed by atoms with Crippen LogP contribution in [0.15, 0.2) is 42.5 Å². The molecule has 0 aliphatic carbocycles. The summed E-state index contributed by atoms with van der Waals surface area (Å²) in [4.78, 5) is 0. The van der Waals surface area contributed by atoms with Crippen LogP contribution in [0.25, 0.3) is 10.8 Å². The Morgan fingerprint density at radius 2 is 1.60 bits per heavy atom. The normalized spacial score (nSPS) is 11.1. The van der Waals surface area contributed by atoms with Gasteiger partial charge in [-0.05, 0) is 35.6 Å². The second-order valence-electron chi connectivity index (χ2n) is 5.10. The molecule has 0 aromatic heterocycles. The molecular formula is C18H23BrO. The number of ether oxygens (including phenoxy) is 1. The third-order valence-electron chi connectivity index (χ3n) is 3.57. The SMILES string of the molecule is BrCCCCCCOCCc1cccc2ccccc12. The van der Waals surface area contributed by atoms with Crippen LogP contribution < -0.4 is 0 Å². The number of rotatable bonds is 9. The molecule has 0 saturated heterocycles. The molecule has 0 atom stereocenters. The van der Waals surface area contributed by atoms with E-state index in [9.17, 15) is 0 Å². The van der Waals surface area contributed by atoms with E-state index in [-0.39, 0.29) is 0 Å². The van der Waals surface area contributed by atoms with Crippen molar-refractivity contribution in [2.24, 2.45) is 0 Å². The van der Waals surface area contributed by atoms with E-state index in [4.69, 9.17) is 4.74 Å². The zero-order valence-electron chi connectivity index (χ0n) is 12.0. The smallest absolute Gasteiger partial charge is 0.0506 e. The second-order valence-corrected chi connectivity index (χ2v) is 5.90.